The molecule has 0 unspecified atom stereocenters. The van der Waals surface area contributed by atoms with E-state index in [0.29, 0.717) is 18.8 Å². The zero-order valence-corrected chi connectivity index (χ0v) is 20.2. The van der Waals surface area contributed by atoms with Crippen LogP contribution in [0.3, 0.4) is 0 Å². The Balaban J connectivity index is 1.88. The minimum absolute atomic E-state index is 0.0784. The van der Waals surface area contributed by atoms with E-state index in [1.165, 1.54) is 36.0 Å². The van der Waals surface area contributed by atoms with E-state index < -0.39 is 0 Å². The molecule has 32 heavy (non-hydrogen) atoms. The number of rotatable bonds is 10. The Hall–Kier alpha value is -2.75. The number of allylic oxidation sites excluding steroid dienone is 2. The Labute approximate surface area is 193 Å². The molecule has 0 heterocycles. The van der Waals surface area contributed by atoms with Crippen LogP contribution in [-0.2, 0) is 10.2 Å². The number of esters is 1. The minimum Gasteiger partial charge on any atom is -0.491 e. The van der Waals surface area contributed by atoms with Crippen LogP contribution in [-0.4, -0.2) is 19.2 Å². The molecule has 0 saturated heterocycles. The minimum atomic E-state index is -0.299. The number of benzene rings is 2. The van der Waals surface area contributed by atoms with Gasteiger partial charge in [0.05, 0.1) is 24.5 Å². The second kappa shape index (κ2) is 10.7. The van der Waals surface area contributed by atoms with Crippen LogP contribution in [0.4, 0.5) is 11.4 Å². The highest BCUT2D eigenvalue weighted by Crippen LogP contribution is 2.44. The highest BCUT2D eigenvalue weighted by Gasteiger charge is 2.28. The van der Waals surface area contributed by atoms with E-state index in [0.717, 1.165) is 30.0 Å². The Morgan fingerprint density at radius 3 is 2.50 bits per heavy atom. The summed E-state index contributed by atoms with van der Waals surface area (Å²) in [5.74, 6) is 0.587. The van der Waals surface area contributed by atoms with Crippen LogP contribution in [0.25, 0.3) is 5.57 Å². The first kappa shape index (κ1) is 23.9. The fourth-order valence-electron chi connectivity index (χ4n) is 4.08. The van der Waals surface area contributed by atoms with Gasteiger partial charge in [0.2, 0.25) is 0 Å². The largest absolute Gasteiger partial charge is 0.491 e. The van der Waals surface area contributed by atoms with Crippen LogP contribution < -0.4 is 10.1 Å². The van der Waals surface area contributed by atoms with Crippen LogP contribution in [0.15, 0.2) is 42.5 Å². The van der Waals surface area contributed by atoms with Gasteiger partial charge in [-0.3, -0.25) is 0 Å². The number of anilines is 2. The van der Waals surface area contributed by atoms with Gasteiger partial charge in [-0.1, -0.05) is 46.1 Å². The summed E-state index contributed by atoms with van der Waals surface area (Å²) in [4.78, 5) is 12.0. The number of carbonyl (C=O) groups is 1. The van der Waals surface area contributed by atoms with Crippen molar-refractivity contribution in [2.75, 3.05) is 18.5 Å². The molecule has 4 heteroatoms. The van der Waals surface area contributed by atoms with Gasteiger partial charge in [0, 0.05) is 5.69 Å². The lowest BCUT2D eigenvalue weighted by molar-refractivity contribution is 0.0526. The molecule has 4 nitrogen and oxygen atoms in total. The van der Waals surface area contributed by atoms with Gasteiger partial charge in [-0.25, -0.2) is 4.79 Å². The van der Waals surface area contributed by atoms with Gasteiger partial charge < -0.3 is 14.8 Å². The zero-order valence-electron chi connectivity index (χ0n) is 20.2. The lowest BCUT2D eigenvalue weighted by Crippen LogP contribution is -2.21. The average molecular weight is 436 g/mol. The number of carbonyl (C=O) groups excluding carboxylic acids is 1. The molecule has 2 aromatic carbocycles. The third-order valence-corrected chi connectivity index (χ3v) is 6.12. The van der Waals surface area contributed by atoms with Crippen molar-refractivity contribution < 1.29 is 14.3 Å². The van der Waals surface area contributed by atoms with Crippen molar-refractivity contribution in [3.05, 3.63) is 59.2 Å². The normalized spacial score (nSPS) is 14.3. The number of unbranched alkanes of at least 4 members (excludes halogenated alkanes) is 3. The van der Waals surface area contributed by atoms with E-state index >= 15 is 0 Å². The lowest BCUT2D eigenvalue weighted by atomic mass is 9.73. The van der Waals surface area contributed by atoms with Gasteiger partial charge in [-0.05, 0) is 85.2 Å². The van der Waals surface area contributed by atoms with E-state index in [1.54, 1.807) is 12.1 Å². The standard InChI is InChI=1S/C28H37NO3/c1-6-8-9-10-17-32-26-19-24-23(20(3)15-16-28(24,4)5)18-25(26)29-22-13-11-21(12-14-22)27(30)31-7-2/h11-15,18-19,29H,6-10,16-17H2,1-5H3. The van der Waals surface area contributed by atoms with Crippen LogP contribution in [0, 0.1) is 0 Å². The molecule has 0 aromatic heterocycles. The molecule has 0 bridgehead atoms. The number of ether oxygens (including phenoxy) is 2. The number of nitrogens with one attached hydrogen (secondary N) is 1. The molecule has 0 amide bonds. The molecular formula is C28H37NO3. The Morgan fingerprint density at radius 1 is 1.06 bits per heavy atom. The fourth-order valence-corrected chi connectivity index (χ4v) is 4.08. The molecule has 0 spiro atoms. The topological polar surface area (TPSA) is 47.6 Å². The molecule has 0 radical (unpaired) electrons. The summed E-state index contributed by atoms with van der Waals surface area (Å²) in [6.45, 7) is 11.9. The van der Waals surface area contributed by atoms with Gasteiger partial charge in [0.1, 0.15) is 5.75 Å². The molecule has 172 valence electrons. The maximum Gasteiger partial charge on any atom is 0.338 e. The van der Waals surface area contributed by atoms with Crippen molar-refractivity contribution >= 4 is 22.9 Å². The van der Waals surface area contributed by atoms with E-state index in [4.69, 9.17) is 9.47 Å². The smallest absolute Gasteiger partial charge is 0.338 e. The maximum atomic E-state index is 12.0. The number of hydrogen-bond acceptors (Lipinski definition) is 4. The summed E-state index contributed by atoms with van der Waals surface area (Å²) < 4.78 is 11.4. The van der Waals surface area contributed by atoms with Crippen molar-refractivity contribution in [2.45, 2.75) is 72.1 Å². The van der Waals surface area contributed by atoms with Gasteiger partial charge in [0.15, 0.2) is 0 Å². The fraction of sp³-hybridized carbons (Fsp3) is 0.464. The van der Waals surface area contributed by atoms with E-state index in [-0.39, 0.29) is 11.4 Å². The third-order valence-electron chi connectivity index (χ3n) is 6.12. The third kappa shape index (κ3) is 5.73. The van der Waals surface area contributed by atoms with Crippen LogP contribution in [0.2, 0.25) is 0 Å². The van der Waals surface area contributed by atoms with Crippen molar-refractivity contribution in [1.82, 2.24) is 0 Å². The predicted molar refractivity (Wildman–Crippen MR) is 133 cm³/mol. The van der Waals surface area contributed by atoms with Crippen LogP contribution in [0.1, 0.15) is 88.2 Å². The van der Waals surface area contributed by atoms with E-state index in [2.05, 4.69) is 51.2 Å². The Kier molecular flexibility index (Phi) is 8.00. The summed E-state index contributed by atoms with van der Waals surface area (Å²) in [6.07, 6.45) is 8.05. The molecule has 0 fully saturated rings. The molecule has 1 aliphatic carbocycles. The zero-order chi connectivity index (χ0) is 23.1. The number of hydrogen-bond donors (Lipinski definition) is 1. The predicted octanol–water partition coefficient (Wildman–Crippen LogP) is 7.65. The first-order chi connectivity index (χ1) is 15.4. The molecule has 2 aromatic rings. The second-order valence-corrected chi connectivity index (χ2v) is 9.20. The lowest BCUT2D eigenvalue weighted by Gasteiger charge is -2.32. The first-order valence-corrected chi connectivity index (χ1v) is 11.9. The summed E-state index contributed by atoms with van der Waals surface area (Å²) in [6, 6.07) is 11.8. The van der Waals surface area contributed by atoms with Crippen molar-refractivity contribution in [3.63, 3.8) is 0 Å². The molecule has 3 rings (SSSR count). The molecule has 1 N–H and O–H groups in total. The summed E-state index contributed by atoms with van der Waals surface area (Å²) in [5, 5.41) is 3.52. The quantitative estimate of drug-likeness (QED) is 0.307. The number of fused-ring (bicyclic) bond motifs is 1. The molecule has 0 aliphatic heterocycles. The summed E-state index contributed by atoms with van der Waals surface area (Å²) in [7, 11) is 0. The van der Waals surface area contributed by atoms with Gasteiger partial charge in [-0.15, -0.1) is 0 Å². The second-order valence-electron chi connectivity index (χ2n) is 9.20. The van der Waals surface area contributed by atoms with Crippen molar-refractivity contribution in [2.24, 2.45) is 0 Å². The highest BCUT2D eigenvalue weighted by molar-refractivity contribution is 5.90. The van der Waals surface area contributed by atoms with Gasteiger partial charge in [0.25, 0.3) is 0 Å². The summed E-state index contributed by atoms with van der Waals surface area (Å²) in [5.41, 5.74) is 6.40. The maximum absolute atomic E-state index is 12.0. The summed E-state index contributed by atoms with van der Waals surface area (Å²) >= 11 is 0. The monoisotopic (exact) mass is 435 g/mol. The Morgan fingerprint density at radius 2 is 1.81 bits per heavy atom. The van der Waals surface area contributed by atoms with Crippen molar-refractivity contribution in [3.8, 4) is 5.75 Å². The van der Waals surface area contributed by atoms with Crippen LogP contribution >= 0.6 is 0 Å². The SMILES string of the molecule is CCCCCCOc1cc2c(cc1Nc1ccc(C(=O)OCC)cc1)C(C)=CCC2(C)C. The average Bonchev–Trinajstić information content (AvgIpc) is 2.77. The van der Waals surface area contributed by atoms with Crippen molar-refractivity contribution in [1.29, 1.82) is 0 Å². The van der Waals surface area contributed by atoms with Crippen LogP contribution in [0.5, 0.6) is 5.75 Å². The van der Waals surface area contributed by atoms with Gasteiger partial charge >= 0.3 is 5.97 Å². The first-order valence-electron chi connectivity index (χ1n) is 11.9. The van der Waals surface area contributed by atoms with E-state index in [1.807, 2.05) is 19.1 Å². The molecule has 0 saturated carbocycles. The molecule has 1 aliphatic rings. The van der Waals surface area contributed by atoms with E-state index in [9.17, 15) is 4.79 Å². The molecular weight excluding hydrogens is 398 g/mol. The van der Waals surface area contributed by atoms with Gasteiger partial charge in [-0.2, -0.15) is 0 Å². The Bertz CT molecular complexity index is 957. The molecule has 0 atom stereocenters. The highest BCUT2D eigenvalue weighted by atomic mass is 16.5.